The molecule has 0 bridgehead atoms. The van der Waals surface area contributed by atoms with Crippen LogP contribution in [-0.4, -0.2) is 45.4 Å². The first-order valence-electron chi connectivity index (χ1n) is 8.66. The SMILES string of the molecule is COc1cccc(NC(=O)COc2ccc(S(=O)(=O)N3CCCC3)cc2)c1. The van der Waals surface area contributed by atoms with Gasteiger partial charge in [0.05, 0.1) is 12.0 Å². The van der Waals surface area contributed by atoms with Gasteiger partial charge in [-0.3, -0.25) is 4.79 Å². The van der Waals surface area contributed by atoms with E-state index in [2.05, 4.69) is 5.32 Å². The Morgan fingerprint density at radius 3 is 2.44 bits per heavy atom. The largest absolute Gasteiger partial charge is 0.497 e. The summed E-state index contributed by atoms with van der Waals surface area (Å²) in [5.41, 5.74) is 0.606. The van der Waals surface area contributed by atoms with Gasteiger partial charge in [-0.2, -0.15) is 4.31 Å². The molecular formula is C19H22N2O5S. The summed E-state index contributed by atoms with van der Waals surface area (Å²) in [4.78, 5) is 12.2. The predicted octanol–water partition coefficient (Wildman–Crippen LogP) is 2.50. The number of anilines is 1. The second kappa shape index (κ2) is 8.41. The van der Waals surface area contributed by atoms with E-state index in [1.165, 1.54) is 16.4 Å². The second-order valence-electron chi connectivity index (χ2n) is 6.15. The third kappa shape index (κ3) is 4.78. The molecule has 0 unspecified atom stereocenters. The number of carbonyl (C=O) groups excluding carboxylic acids is 1. The molecule has 2 aromatic carbocycles. The van der Waals surface area contributed by atoms with Crippen molar-refractivity contribution >= 4 is 21.6 Å². The Morgan fingerprint density at radius 2 is 1.78 bits per heavy atom. The van der Waals surface area contributed by atoms with Gasteiger partial charge in [0.2, 0.25) is 10.0 Å². The minimum atomic E-state index is -3.45. The third-order valence-electron chi connectivity index (χ3n) is 4.25. The van der Waals surface area contributed by atoms with E-state index in [4.69, 9.17) is 9.47 Å². The van der Waals surface area contributed by atoms with Crippen LogP contribution in [0, 0.1) is 0 Å². The van der Waals surface area contributed by atoms with Crippen molar-refractivity contribution in [3.05, 3.63) is 48.5 Å². The average molecular weight is 390 g/mol. The van der Waals surface area contributed by atoms with Gasteiger partial charge in [-0.25, -0.2) is 8.42 Å². The molecule has 1 amide bonds. The second-order valence-corrected chi connectivity index (χ2v) is 8.09. The minimum Gasteiger partial charge on any atom is -0.497 e. The van der Waals surface area contributed by atoms with E-state index in [-0.39, 0.29) is 17.4 Å². The molecule has 1 fully saturated rings. The number of rotatable bonds is 7. The zero-order chi connectivity index (χ0) is 19.3. The number of ether oxygens (including phenoxy) is 2. The average Bonchev–Trinajstić information content (AvgIpc) is 3.22. The molecule has 0 radical (unpaired) electrons. The Labute approximate surface area is 158 Å². The van der Waals surface area contributed by atoms with Gasteiger partial charge in [0.15, 0.2) is 6.61 Å². The van der Waals surface area contributed by atoms with E-state index in [0.717, 1.165) is 12.8 Å². The van der Waals surface area contributed by atoms with Crippen LogP contribution in [0.5, 0.6) is 11.5 Å². The first-order chi connectivity index (χ1) is 13.0. The molecule has 7 nitrogen and oxygen atoms in total. The number of nitrogens with zero attached hydrogens (tertiary/aromatic N) is 1. The lowest BCUT2D eigenvalue weighted by Gasteiger charge is -2.15. The highest BCUT2D eigenvalue weighted by Gasteiger charge is 2.26. The maximum absolute atomic E-state index is 12.5. The standard InChI is InChI=1S/C19H22N2O5S/c1-25-17-6-4-5-15(13-17)20-19(22)14-26-16-7-9-18(10-8-16)27(23,24)21-11-2-3-12-21/h4-10,13H,2-3,11-12,14H2,1H3,(H,20,22). The van der Waals surface area contributed by atoms with Crippen LogP contribution in [0.15, 0.2) is 53.4 Å². The lowest BCUT2D eigenvalue weighted by atomic mass is 10.3. The number of benzene rings is 2. The number of hydrogen-bond acceptors (Lipinski definition) is 5. The number of amides is 1. The minimum absolute atomic E-state index is 0.185. The van der Waals surface area contributed by atoms with Gasteiger partial charge >= 0.3 is 0 Å². The molecule has 0 aliphatic carbocycles. The molecule has 2 aromatic rings. The van der Waals surface area contributed by atoms with Crippen LogP contribution in [0.3, 0.4) is 0 Å². The van der Waals surface area contributed by atoms with Gasteiger partial charge in [-0.15, -0.1) is 0 Å². The third-order valence-corrected chi connectivity index (χ3v) is 6.16. The zero-order valence-electron chi connectivity index (χ0n) is 15.1. The molecule has 27 heavy (non-hydrogen) atoms. The number of carbonyl (C=O) groups is 1. The highest BCUT2D eigenvalue weighted by molar-refractivity contribution is 7.89. The van der Waals surface area contributed by atoms with Crippen LogP contribution in [0.2, 0.25) is 0 Å². The Morgan fingerprint density at radius 1 is 1.07 bits per heavy atom. The maximum Gasteiger partial charge on any atom is 0.262 e. The molecule has 8 heteroatoms. The Bertz CT molecular complexity index is 891. The predicted molar refractivity (Wildman–Crippen MR) is 102 cm³/mol. The van der Waals surface area contributed by atoms with Crippen molar-refractivity contribution in [3.8, 4) is 11.5 Å². The molecule has 1 aliphatic rings. The van der Waals surface area contributed by atoms with E-state index in [0.29, 0.717) is 30.3 Å². The fraction of sp³-hybridized carbons (Fsp3) is 0.316. The summed E-state index contributed by atoms with van der Waals surface area (Å²) in [5.74, 6) is 0.747. The van der Waals surface area contributed by atoms with Crippen LogP contribution in [-0.2, 0) is 14.8 Å². The summed E-state index contributed by atoms with van der Waals surface area (Å²) in [6, 6.07) is 13.1. The first kappa shape index (κ1) is 19.2. The number of nitrogens with one attached hydrogen (secondary N) is 1. The van der Waals surface area contributed by atoms with Crippen LogP contribution in [0.4, 0.5) is 5.69 Å². The van der Waals surface area contributed by atoms with E-state index in [1.807, 2.05) is 0 Å². The van der Waals surface area contributed by atoms with Crippen LogP contribution in [0.25, 0.3) is 0 Å². The quantitative estimate of drug-likeness (QED) is 0.785. The van der Waals surface area contributed by atoms with Crippen molar-refractivity contribution in [3.63, 3.8) is 0 Å². The summed E-state index contributed by atoms with van der Waals surface area (Å²) in [5, 5.41) is 2.71. The van der Waals surface area contributed by atoms with Crippen molar-refractivity contribution in [2.24, 2.45) is 0 Å². The molecule has 1 N–H and O–H groups in total. The normalized spacial score (nSPS) is 14.7. The molecular weight excluding hydrogens is 368 g/mol. The lowest BCUT2D eigenvalue weighted by Crippen LogP contribution is -2.27. The molecule has 1 heterocycles. The van der Waals surface area contributed by atoms with Gasteiger partial charge in [-0.05, 0) is 49.2 Å². The summed E-state index contributed by atoms with van der Waals surface area (Å²) in [7, 11) is -1.89. The fourth-order valence-corrected chi connectivity index (χ4v) is 4.35. The molecule has 0 spiro atoms. The van der Waals surface area contributed by atoms with Crippen LogP contribution >= 0.6 is 0 Å². The highest BCUT2D eigenvalue weighted by Crippen LogP contribution is 2.23. The van der Waals surface area contributed by atoms with Crippen LogP contribution < -0.4 is 14.8 Å². The zero-order valence-corrected chi connectivity index (χ0v) is 15.9. The van der Waals surface area contributed by atoms with Gasteiger partial charge < -0.3 is 14.8 Å². The van der Waals surface area contributed by atoms with Crippen molar-refractivity contribution in [2.75, 3.05) is 32.1 Å². The van der Waals surface area contributed by atoms with Gasteiger partial charge in [0.25, 0.3) is 5.91 Å². The Kier molecular flexibility index (Phi) is 5.98. The van der Waals surface area contributed by atoms with Gasteiger partial charge in [-0.1, -0.05) is 6.07 Å². The van der Waals surface area contributed by atoms with Crippen molar-refractivity contribution in [1.29, 1.82) is 0 Å². The van der Waals surface area contributed by atoms with Gasteiger partial charge in [0, 0.05) is 24.8 Å². The summed E-state index contributed by atoms with van der Waals surface area (Å²) < 4.78 is 37.0. The fourth-order valence-electron chi connectivity index (χ4n) is 2.83. The summed E-state index contributed by atoms with van der Waals surface area (Å²) in [6.07, 6.45) is 1.78. The smallest absolute Gasteiger partial charge is 0.262 e. The molecule has 1 aliphatic heterocycles. The molecule has 0 atom stereocenters. The van der Waals surface area contributed by atoms with Crippen molar-refractivity contribution < 1.29 is 22.7 Å². The van der Waals surface area contributed by atoms with Gasteiger partial charge in [0.1, 0.15) is 11.5 Å². The van der Waals surface area contributed by atoms with Crippen molar-refractivity contribution in [2.45, 2.75) is 17.7 Å². The molecule has 0 aromatic heterocycles. The highest BCUT2D eigenvalue weighted by atomic mass is 32.2. The van der Waals surface area contributed by atoms with E-state index >= 15 is 0 Å². The molecule has 0 saturated carbocycles. The molecule has 1 saturated heterocycles. The lowest BCUT2D eigenvalue weighted by molar-refractivity contribution is -0.118. The van der Waals surface area contributed by atoms with Crippen LogP contribution in [0.1, 0.15) is 12.8 Å². The van der Waals surface area contributed by atoms with E-state index in [1.54, 1.807) is 43.5 Å². The molecule has 3 rings (SSSR count). The van der Waals surface area contributed by atoms with E-state index < -0.39 is 10.0 Å². The topological polar surface area (TPSA) is 84.9 Å². The molecule has 144 valence electrons. The van der Waals surface area contributed by atoms with Crippen molar-refractivity contribution in [1.82, 2.24) is 4.31 Å². The monoisotopic (exact) mass is 390 g/mol. The summed E-state index contributed by atoms with van der Waals surface area (Å²) in [6.45, 7) is 0.936. The maximum atomic E-state index is 12.5. The number of methoxy groups -OCH3 is 1. The van der Waals surface area contributed by atoms with E-state index in [9.17, 15) is 13.2 Å². The Hall–Kier alpha value is -2.58. The number of hydrogen-bond donors (Lipinski definition) is 1. The summed E-state index contributed by atoms with van der Waals surface area (Å²) >= 11 is 0. The first-order valence-corrected chi connectivity index (χ1v) is 10.1. The number of sulfonamides is 1. The Balaban J connectivity index is 1.56.